The van der Waals surface area contributed by atoms with Gasteiger partial charge in [-0.2, -0.15) is 13.2 Å². The minimum Gasteiger partial charge on any atom is -0.492 e. The van der Waals surface area contributed by atoms with Crippen LogP contribution < -0.4 is 19.7 Å². The molecule has 0 radical (unpaired) electrons. The zero-order chi connectivity index (χ0) is 40.4. The molecule has 0 bridgehead atoms. The van der Waals surface area contributed by atoms with E-state index in [1.165, 1.54) is 30.1 Å². The van der Waals surface area contributed by atoms with Gasteiger partial charge >= 0.3 is 6.18 Å². The van der Waals surface area contributed by atoms with E-state index in [4.69, 9.17) is 4.74 Å². The van der Waals surface area contributed by atoms with Gasteiger partial charge in [0.2, 0.25) is 0 Å². The van der Waals surface area contributed by atoms with Gasteiger partial charge in [-0.25, -0.2) is 13.1 Å². The molecule has 0 saturated carbocycles. The van der Waals surface area contributed by atoms with Crippen LogP contribution in [0.2, 0.25) is 0 Å². The lowest BCUT2D eigenvalue weighted by molar-refractivity contribution is -0.137. The quantitative estimate of drug-likeness (QED) is 0.0944. The van der Waals surface area contributed by atoms with Crippen molar-refractivity contribution < 1.29 is 35.9 Å². The first-order chi connectivity index (χ1) is 27.4. The number of benzene rings is 2. The molecular weight excluding hydrogens is 782 g/mol. The Balaban J connectivity index is 1.03. The highest BCUT2D eigenvalue weighted by Crippen LogP contribution is 2.36. The van der Waals surface area contributed by atoms with Crippen molar-refractivity contribution in [2.24, 2.45) is 0 Å². The number of thioether (sulfide) groups is 1. The summed E-state index contributed by atoms with van der Waals surface area (Å²) >= 11 is 1.45. The van der Waals surface area contributed by atoms with E-state index in [1.54, 1.807) is 40.3 Å². The van der Waals surface area contributed by atoms with Crippen LogP contribution in [0.5, 0.6) is 5.75 Å². The van der Waals surface area contributed by atoms with Crippen molar-refractivity contribution in [1.29, 1.82) is 0 Å². The molecule has 1 saturated heterocycles. The third-order valence-corrected chi connectivity index (χ3v) is 10.7. The summed E-state index contributed by atoms with van der Waals surface area (Å²) < 4.78 is 75.3. The van der Waals surface area contributed by atoms with E-state index in [-0.39, 0.29) is 23.8 Å². The fraction of sp³-hybridized carbons (Fsp3) is 0.231. The van der Waals surface area contributed by atoms with Gasteiger partial charge in [-0.15, -0.1) is 22.0 Å². The molecule has 18 heteroatoms. The summed E-state index contributed by atoms with van der Waals surface area (Å²) in [5.41, 5.74) is -0.277. The third kappa shape index (κ3) is 10.8. The Morgan fingerprint density at radius 2 is 1.60 bits per heavy atom. The highest BCUT2D eigenvalue weighted by Gasteiger charge is 2.35. The molecule has 4 heterocycles. The van der Waals surface area contributed by atoms with Crippen molar-refractivity contribution in [1.82, 2.24) is 29.8 Å². The van der Waals surface area contributed by atoms with E-state index < -0.39 is 32.6 Å². The average molecular weight is 817 g/mol. The van der Waals surface area contributed by atoms with E-state index in [9.17, 15) is 31.2 Å². The smallest absolute Gasteiger partial charge is 0.418 e. The van der Waals surface area contributed by atoms with Gasteiger partial charge in [-0.1, -0.05) is 30.0 Å². The summed E-state index contributed by atoms with van der Waals surface area (Å²) in [5, 5.41) is 10.6. The number of nitrogens with one attached hydrogen (secondary N) is 2. The van der Waals surface area contributed by atoms with Crippen molar-refractivity contribution >= 4 is 45.1 Å². The Bertz CT molecular complexity index is 2390. The Morgan fingerprint density at radius 1 is 0.877 bits per heavy atom. The minimum absolute atomic E-state index is 0.182. The molecule has 13 nitrogen and oxygen atoms in total. The Morgan fingerprint density at radius 3 is 2.28 bits per heavy atom. The van der Waals surface area contributed by atoms with E-state index in [0.717, 1.165) is 17.0 Å². The van der Waals surface area contributed by atoms with Crippen LogP contribution in [0.25, 0.3) is 0 Å². The van der Waals surface area contributed by atoms with Gasteiger partial charge in [0.1, 0.15) is 5.75 Å². The summed E-state index contributed by atoms with van der Waals surface area (Å²) in [5.74, 6) is 6.06. The zero-order valence-corrected chi connectivity index (χ0v) is 32.0. The molecule has 294 valence electrons. The second kappa shape index (κ2) is 18.2. The number of carbonyl (C=O) groups excluding carboxylic acids is 2. The van der Waals surface area contributed by atoms with Gasteiger partial charge in [0, 0.05) is 78.8 Å². The number of carbonyl (C=O) groups is 2. The Kier molecular flexibility index (Phi) is 12.9. The lowest BCUT2D eigenvalue weighted by Gasteiger charge is -2.35. The molecule has 2 aromatic carbocycles. The number of aromatic nitrogens is 4. The Labute approximate surface area is 331 Å². The molecule has 1 fully saturated rings. The molecular formula is C39H35F3N8O5S2. The number of halogens is 3. The zero-order valence-electron chi connectivity index (χ0n) is 30.4. The van der Waals surface area contributed by atoms with Gasteiger partial charge in [0.15, 0.2) is 11.5 Å². The van der Waals surface area contributed by atoms with E-state index in [1.807, 2.05) is 42.2 Å². The second-order valence-corrected chi connectivity index (χ2v) is 15.2. The van der Waals surface area contributed by atoms with Crippen LogP contribution in [0.4, 0.5) is 24.7 Å². The van der Waals surface area contributed by atoms with Crippen molar-refractivity contribution in [2.45, 2.75) is 22.9 Å². The van der Waals surface area contributed by atoms with E-state index in [2.05, 4.69) is 37.3 Å². The molecule has 57 heavy (non-hydrogen) atoms. The summed E-state index contributed by atoms with van der Waals surface area (Å²) in [7, 11) is -4.72. The molecule has 2 amide bonds. The van der Waals surface area contributed by atoms with Crippen LogP contribution in [0.15, 0.2) is 107 Å². The van der Waals surface area contributed by atoms with Crippen LogP contribution in [0.3, 0.4) is 0 Å². The highest BCUT2D eigenvalue weighted by molar-refractivity contribution is 7.99. The molecule has 1 aliphatic rings. The number of hydrogen-bond acceptors (Lipinski definition) is 12. The summed E-state index contributed by atoms with van der Waals surface area (Å²) in [6.45, 7) is 4.01. The normalized spacial score (nSPS) is 13.0. The van der Waals surface area contributed by atoms with Gasteiger partial charge < -0.3 is 19.9 Å². The highest BCUT2D eigenvalue weighted by atomic mass is 32.2. The van der Waals surface area contributed by atoms with Gasteiger partial charge in [0.25, 0.3) is 21.8 Å². The third-order valence-electron chi connectivity index (χ3n) is 8.40. The summed E-state index contributed by atoms with van der Waals surface area (Å²) in [6.07, 6.45) is 1.37. The lowest BCUT2D eigenvalue weighted by Crippen LogP contribution is -2.49. The fourth-order valence-corrected chi connectivity index (χ4v) is 7.40. The number of alkyl halides is 3. The van der Waals surface area contributed by atoms with E-state index >= 15 is 0 Å². The molecule has 1 aliphatic heterocycles. The number of pyridine rings is 2. The number of ether oxygens (including phenoxy) is 1. The average Bonchev–Trinajstić information content (AvgIpc) is 3.22. The van der Waals surface area contributed by atoms with Crippen molar-refractivity contribution in [3.8, 4) is 17.6 Å². The fourth-order valence-electron chi connectivity index (χ4n) is 5.62. The monoisotopic (exact) mass is 816 g/mol. The molecule has 0 spiro atoms. The number of nitrogens with zero attached hydrogens (tertiary/aromatic N) is 6. The largest absolute Gasteiger partial charge is 0.492 e. The van der Waals surface area contributed by atoms with Crippen LogP contribution in [-0.4, -0.2) is 90.4 Å². The molecule has 0 aliphatic carbocycles. The molecule has 5 aromatic rings. The molecule has 0 atom stereocenters. The second-order valence-electron chi connectivity index (χ2n) is 12.3. The first kappa shape index (κ1) is 40.5. The predicted octanol–water partition coefficient (Wildman–Crippen LogP) is 5.37. The molecule has 6 rings (SSSR count). The first-order valence-corrected chi connectivity index (χ1v) is 20.0. The maximum atomic E-state index is 14.0. The van der Waals surface area contributed by atoms with Gasteiger partial charge in [-0.05, 0) is 61.5 Å². The number of anilines is 2. The van der Waals surface area contributed by atoms with Crippen molar-refractivity contribution in [3.05, 3.63) is 126 Å². The lowest BCUT2D eigenvalue weighted by atomic mass is 10.1. The summed E-state index contributed by atoms with van der Waals surface area (Å²) in [4.78, 5) is 38.2. The van der Waals surface area contributed by atoms with Crippen LogP contribution in [0, 0.1) is 11.8 Å². The maximum absolute atomic E-state index is 14.0. The first-order valence-electron chi connectivity index (χ1n) is 17.5. The Hall–Kier alpha value is -6.19. The number of hydrogen-bond donors (Lipinski definition) is 2. The van der Waals surface area contributed by atoms with Crippen LogP contribution in [0.1, 0.15) is 44.5 Å². The number of sulfonamides is 1. The number of rotatable bonds is 12. The SMILES string of the molecule is CCOc1cncc(C#Cc2cncc(C(=O)N3CCN(c4ccc(C(=O)NS(=O)(=O)c5ccc(NCCSc6ccccc6)c(C(F)(F)F)c5)nn4)CC3)c2)c1. The predicted molar refractivity (Wildman–Crippen MR) is 208 cm³/mol. The van der Waals surface area contributed by atoms with Crippen LogP contribution in [-0.2, 0) is 16.2 Å². The molecule has 0 unspecified atom stereocenters. The number of piperazine rings is 1. The maximum Gasteiger partial charge on any atom is 0.418 e. The molecule has 3 aromatic heterocycles. The molecule has 2 N–H and O–H groups in total. The standard InChI is InChI=1S/C39H35F3N8O5S2/c1-2-55-30-21-28(24-44-26-30)9-8-27-20-29(25-43-23-27)38(52)50-17-15-49(16-18-50)36-13-12-35(46-47-36)37(51)48-57(53,54)32-10-11-34(33(22-32)39(40,41)42)45-14-19-56-31-6-4-3-5-7-31/h3-7,10-13,20-26,45H,2,14-19H2,1H3,(H,48,51). The van der Waals surface area contributed by atoms with Crippen molar-refractivity contribution in [2.75, 3.05) is 55.3 Å². The summed E-state index contributed by atoms with van der Waals surface area (Å²) in [6, 6.07) is 18.0. The van der Waals surface area contributed by atoms with Gasteiger partial charge in [-0.3, -0.25) is 19.6 Å². The number of amides is 2. The minimum atomic E-state index is -4.88. The van der Waals surface area contributed by atoms with Gasteiger partial charge in [0.05, 0.1) is 28.8 Å². The topological polar surface area (TPSA) is 160 Å². The van der Waals surface area contributed by atoms with Crippen molar-refractivity contribution in [3.63, 3.8) is 0 Å². The van der Waals surface area contributed by atoms with E-state index in [0.29, 0.717) is 72.9 Å². The van der Waals surface area contributed by atoms with Crippen LogP contribution >= 0.6 is 11.8 Å².